The van der Waals surface area contributed by atoms with Gasteiger partial charge in [-0.2, -0.15) is 4.98 Å². The number of nitrogens with zero attached hydrogens (tertiary/aromatic N) is 3. The van der Waals surface area contributed by atoms with E-state index in [2.05, 4.69) is 10.3 Å². The van der Waals surface area contributed by atoms with Crippen LogP contribution in [0.4, 0.5) is 6.01 Å². The van der Waals surface area contributed by atoms with Crippen LogP contribution < -0.4 is 5.32 Å². The molecule has 1 fully saturated rings. The number of hydrogen-bond donors (Lipinski definition) is 1. The third kappa shape index (κ3) is 3.43. The fraction of sp³-hybridized carbons (Fsp3) is 0.250. The highest BCUT2D eigenvalue weighted by atomic mass is 16.4. The molecule has 0 radical (unpaired) electrons. The van der Waals surface area contributed by atoms with Gasteiger partial charge >= 0.3 is 6.01 Å². The van der Waals surface area contributed by atoms with Gasteiger partial charge < -0.3 is 14.2 Å². The molecule has 124 valence electrons. The van der Waals surface area contributed by atoms with Crippen LogP contribution in [0.5, 0.6) is 0 Å². The number of carbonyl (C=O) groups is 3. The Hall–Kier alpha value is -3.16. The van der Waals surface area contributed by atoms with E-state index in [9.17, 15) is 14.4 Å². The van der Waals surface area contributed by atoms with Gasteiger partial charge in [-0.15, -0.1) is 0 Å². The molecule has 3 amide bonds. The molecule has 1 aliphatic rings. The second kappa shape index (κ2) is 6.95. The first-order chi connectivity index (χ1) is 11.7. The summed E-state index contributed by atoms with van der Waals surface area (Å²) in [5, 5.41) is 2.51. The van der Waals surface area contributed by atoms with E-state index in [1.165, 1.54) is 6.26 Å². The minimum Gasteiger partial charge on any atom is -0.431 e. The van der Waals surface area contributed by atoms with Gasteiger partial charge in [0.15, 0.2) is 5.69 Å². The second-order valence-electron chi connectivity index (χ2n) is 5.29. The molecule has 0 aliphatic carbocycles. The van der Waals surface area contributed by atoms with E-state index in [4.69, 9.17) is 4.42 Å². The van der Waals surface area contributed by atoms with Crippen molar-refractivity contribution in [1.82, 2.24) is 14.8 Å². The summed E-state index contributed by atoms with van der Waals surface area (Å²) in [4.78, 5) is 42.3. The van der Waals surface area contributed by atoms with Crippen molar-refractivity contribution in [3.8, 4) is 0 Å². The molecule has 8 nitrogen and oxygen atoms in total. The summed E-state index contributed by atoms with van der Waals surface area (Å²) in [5.74, 6) is -0.652. The highest BCUT2D eigenvalue weighted by Gasteiger charge is 2.24. The lowest BCUT2D eigenvalue weighted by molar-refractivity contribution is -0.119. The summed E-state index contributed by atoms with van der Waals surface area (Å²) in [6.07, 6.45) is 1.99. The third-order valence-electron chi connectivity index (χ3n) is 3.73. The summed E-state index contributed by atoms with van der Waals surface area (Å²) in [6.45, 7) is 1.86. The van der Waals surface area contributed by atoms with Gasteiger partial charge in [-0.3, -0.25) is 19.7 Å². The number of benzene rings is 1. The topological polar surface area (TPSA) is 95.8 Å². The molecule has 1 saturated heterocycles. The fourth-order valence-corrected chi connectivity index (χ4v) is 2.38. The minimum atomic E-state index is -0.365. The average Bonchev–Trinajstić information content (AvgIpc) is 3.10. The first-order valence-electron chi connectivity index (χ1n) is 7.48. The zero-order valence-corrected chi connectivity index (χ0v) is 12.8. The fourth-order valence-electron chi connectivity index (χ4n) is 2.38. The van der Waals surface area contributed by atoms with Crippen molar-refractivity contribution in [3.63, 3.8) is 0 Å². The molecule has 1 N–H and O–H groups in total. The van der Waals surface area contributed by atoms with Crippen molar-refractivity contribution in [1.29, 1.82) is 0 Å². The molecular formula is C16H16N4O4. The van der Waals surface area contributed by atoms with Gasteiger partial charge in [0.1, 0.15) is 6.26 Å². The molecule has 0 unspecified atom stereocenters. The molecule has 1 aromatic carbocycles. The molecular weight excluding hydrogens is 312 g/mol. The van der Waals surface area contributed by atoms with Crippen molar-refractivity contribution in [2.75, 3.05) is 31.5 Å². The predicted molar refractivity (Wildman–Crippen MR) is 84.4 cm³/mol. The molecule has 8 heteroatoms. The zero-order chi connectivity index (χ0) is 16.9. The maximum absolute atomic E-state index is 12.3. The minimum absolute atomic E-state index is 0.0290. The number of piperazine rings is 1. The van der Waals surface area contributed by atoms with E-state index in [1.54, 1.807) is 34.1 Å². The molecule has 2 aromatic rings. The molecule has 24 heavy (non-hydrogen) atoms. The SMILES string of the molecule is O=CN1CCN(C(=O)c2coc(NC(=O)c3ccccc3)n2)CC1. The van der Waals surface area contributed by atoms with Crippen LogP contribution in [0.2, 0.25) is 0 Å². The Kier molecular flexibility index (Phi) is 4.55. The first kappa shape index (κ1) is 15.7. The number of aromatic nitrogens is 1. The van der Waals surface area contributed by atoms with Gasteiger partial charge in [0.2, 0.25) is 6.41 Å². The van der Waals surface area contributed by atoms with E-state index < -0.39 is 0 Å². The molecule has 0 spiro atoms. The maximum Gasteiger partial charge on any atom is 0.302 e. The number of amides is 3. The molecule has 0 bridgehead atoms. The Bertz CT molecular complexity index is 736. The number of hydrogen-bond acceptors (Lipinski definition) is 5. The lowest BCUT2D eigenvalue weighted by atomic mass is 10.2. The van der Waals surface area contributed by atoms with Gasteiger partial charge in [-0.1, -0.05) is 18.2 Å². The van der Waals surface area contributed by atoms with E-state index in [0.29, 0.717) is 31.7 Å². The number of anilines is 1. The monoisotopic (exact) mass is 328 g/mol. The van der Waals surface area contributed by atoms with Crippen LogP contribution in [0.3, 0.4) is 0 Å². The lowest BCUT2D eigenvalue weighted by Gasteiger charge is -2.31. The highest BCUT2D eigenvalue weighted by Crippen LogP contribution is 2.13. The maximum atomic E-state index is 12.3. The van der Waals surface area contributed by atoms with Crippen LogP contribution in [-0.2, 0) is 4.79 Å². The van der Waals surface area contributed by atoms with E-state index >= 15 is 0 Å². The van der Waals surface area contributed by atoms with Crippen molar-refractivity contribution in [3.05, 3.63) is 47.9 Å². The van der Waals surface area contributed by atoms with Gasteiger partial charge in [0.05, 0.1) is 0 Å². The molecule has 1 aliphatic heterocycles. The van der Waals surface area contributed by atoms with E-state index in [0.717, 1.165) is 6.41 Å². The number of oxazole rings is 1. The third-order valence-corrected chi connectivity index (χ3v) is 3.73. The van der Waals surface area contributed by atoms with Crippen molar-refractivity contribution in [2.24, 2.45) is 0 Å². The van der Waals surface area contributed by atoms with E-state index in [-0.39, 0.29) is 23.5 Å². The normalized spacial score (nSPS) is 14.3. The van der Waals surface area contributed by atoms with Crippen LogP contribution in [0.15, 0.2) is 41.0 Å². The van der Waals surface area contributed by atoms with Gasteiger partial charge in [0, 0.05) is 31.7 Å². The Labute approximate surface area is 138 Å². The number of rotatable bonds is 4. The first-order valence-corrected chi connectivity index (χ1v) is 7.48. The number of nitrogens with one attached hydrogen (secondary N) is 1. The standard InChI is InChI=1S/C16H16N4O4/c21-11-19-6-8-20(9-7-19)15(23)13-10-24-16(17-13)18-14(22)12-4-2-1-3-5-12/h1-5,10-11H,6-9H2,(H,17,18,22). The van der Waals surface area contributed by atoms with Crippen LogP contribution >= 0.6 is 0 Å². The summed E-state index contributed by atoms with van der Waals surface area (Å²) in [5.41, 5.74) is 0.589. The molecule has 0 atom stereocenters. The van der Waals surface area contributed by atoms with Gasteiger partial charge in [0.25, 0.3) is 11.8 Å². The van der Waals surface area contributed by atoms with Crippen molar-refractivity contribution >= 4 is 24.2 Å². The second-order valence-corrected chi connectivity index (χ2v) is 5.29. The average molecular weight is 328 g/mol. The van der Waals surface area contributed by atoms with Crippen LogP contribution in [-0.4, -0.2) is 59.2 Å². The largest absolute Gasteiger partial charge is 0.431 e. The lowest BCUT2D eigenvalue weighted by Crippen LogP contribution is -2.48. The zero-order valence-electron chi connectivity index (χ0n) is 12.8. The Balaban J connectivity index is 1.62. The predicted octanol–water partition coefficient (Wildman–Crippen LogP) is 0.841. The Morgan fingerprint density at radius 1 is 1.12 bits per heavy atom. The summed E-state index contributed by atoms with van der Waals surface area (Å²) in [7, 11) is 0. The van der Waals surface area contributed by atoms with Crippen LogP contribution in [0, 0.1) is 0 Å². The van der Waals surface area contributed by atoms with E-state index in [1.807, 2.05) is 6.07 Å². The summed E-state index contributed by atoms with van der Waals surface area (Å²) < 4.78 is 5.15. The smallest absolute Gasteiger partial charge is 0.302 e. The highest BCUT2D eigenvalue weighted by molar-refractivity contribution is 6.03. The van der Waals surface area contributed by atoms with Crippen LogP contribution in [0.1, 0.15) is 20.8 Å². The van der Waals surface area contributed by atoms with Crippen LogP contribution in [0.25, 0.3) is 0 Å². The summed E-state index contributed by atoms with van der Waals surface area (Å²) >= 11 is 0. The molecule has 2 heterocycles. The Morgan fingerprint density at radius 3 is 2.50 bits per heavy atom. The van der Waals surface area contributed by atoms with Gasteiger partial charge in [-0.25, -0.2) is 0 Å². The van der Waals surface area contributed by atoms with Crippen molar-refractivity contribution < 1.29 is 18.8 Å². The summed E-state index contributed by atoms with van der Waals surface area (Å²) in [6, 6.07) is 8.60. The molecule has 3 rings (SSSR count). The Morgan fingerprint density at radius 2 is 1.83 bits per heavy atom. The number of carbonyl (C=O) groups excluding carboxylic acids is 3. The molecule has 0 saturated carbocycles. The van der Waals surface area contributed by atoms with Crippen molar-refractivity contribution in [2.45, 2.75) is 0 Å². The quantitative estimate of drug-likeness (QED) is 0.839. The van der Waals surface area contributed by atoms with Gasteiger partial charge in [-0.05, 0) is 12.1 Å². The molecule has 1 aromatic heterocycles.